The summed E-state index contributed by atoms with van der Waals surface area (Å²) in [7, 11) is 1.94. The molecule has 20 heavy (non-hydrogen) atoms. The standard InChI is InChI=1S/C16H22FN3/c1-16(2,3)15-13(11-20(4)19-15)10-18-9-12-6-5-7-14(17)8-12/h5-8,11,18H,9-10H2,1-4H3. The summed E-state index contributed by atoms with van der Waals surface area (Å²) < 4.78 is 14.9. The van der Waals surface area contributed by atoms with Gasteiger partial charge in [0.05, 0.1) is 5.69 Å². The molecule has 0 radical (unpaired) electrons. The summed E-state index contributed by atoms with van der Waals surface area (Å²) in [6.45, 7) is 7.86. The van der Waals surface area contributed by atoms with E-state index in [1.165, 1.54) is 11.6 Å². The molecule has 0 amide bonds. The number of aryl methyl sites for hydroxylation is 1. The first-order chi connectivity index (χ1) is 9.36. The zero-order chi connectivity index (χ0) is 14.8. The topological polar surface area (TPSA) is 29.9 Å². The minimum atomic E-state index is -0.193. The third kappa shape index (κ3) is 3.67. The highest BCUT2D eigenvalue weighted by molar-refractivity contribution is 5.24. The molecule has 4 heteroatoms. The van der Waals surface area contributed by atoms with Crippen LogP contribution in [0.4, 0.5) is 4.39 Å². The Labute approximate surface area is 119 Å². The van der Waals surface area contributed by atoms with Crippen LogP contribution in [-0.2, 0) is 25.6 Å². The Bertz CT molecular complexity index is 582. The third-order valence-corrected chi connectivity index (χ3v) is 3.15. The first-order valence-electron chi connectivity index (χ1n) is 6.84. The first kappa shape index (κ1) is 14.7. The van der Waals surface area contributed by atoms with Gasteiger partial charge in [-0.25, -0.2) is 4.39 Å². The smallest absolute Gasteiger partial charge is 0.123 e. The van der Waals surface area contributed by atoms with E-state index in [-0.39, 0.29) is 11.2 Å². The Hall–Kier alpha value is -1.68. The van der Waals surface area contributed by atoms with Crippen LogP contribution in [-0.4, -0.2) is 9.78 Å². The number of hydrogen-bond acceptors (Lipinski definition) is 2. The second-order valence-electron chi connectivity index (χ2n) is 6.16. The van der Waals surface area contributed by atoms with E-state index in [1.807, 2.05) is 24.0 Å². The van der Waals surface area contributed by atoms with Gasteiger partial charge in [-0.05, 0) is 17.7 Å². The van der Waals surface area contributed by atoms with Crippen LogP contribution in [0.25, 0.3) is 0 Å². The third-order valence-electron chi connectivity index (χ3n) is 3.15. The molecule has 1 heterocycles. The van der Waals surface area contributed by atoms with Crippen LogP contribution in [0, 0.1) is 5.82 Å². The lowest BCUT2D eigenvalue weighted by molar-refractivity contribution is 0.543. The fraction of sp³-hybridized carbons (Fsp3) is 0.438. The number of aromatic nitrogens is 2. The predicted molar refractivity (Wildman–Crippen MR) is 78.9 cm³/mol. The van der Waals surface area contributed by atoms with Gasteiger partial charge in [-0.15, -0.1) is 0 Å². The SMILES string of the molecule is Cn1cc(CNCc2cccc(F)c2)c(C(C)(C)C)n1. The molecule has 0 bridgehead atoms. The summed E-state index contributed by atoms with van der Waals surface area (Å²) in [5.74, 6) is -0.193. The molecule has 0 fully saturated rings. The highest BCUT2D eigenvalue weighted by atomic mass is 19.1. The molecule has 1 N–H and O–H groups in total. The molecule has 1 aromatic heterocycles. The second kappa shape index (κ2) is 5.75. The van der Waals surface area contributed by atoms with Crippen molar-refractivity contribution in [3.05, 3.63) is 53.1 Å². The van der Waals surface area contributed by atoms with Crippen molar-refractivity contribution in [1.29, 1.82) is 0 Å². The van der Waals surface area contributed by atoms with Crippen molar-refractivity contribution >= 4 is 0 Å². The summed E-state index contributed by atoms with van der Waals surface area (Å²) >= 11 is 0. The van der Waals surface area contributed by atoms with E-state index < -0.39 is 0 Å². The maximum atomic E-state index is 13.1. The molecule has 108 valence electrons. The minimum Gasteiger partial charge on any atom is -0.308 e. The van der Waals surface area contributed by atoms with Crippen molar-refractivity contribution in [2.45, 2.75) is 39.3 Å². The highest BCUT2D eigenvalue weighted by Gasteiger charge is 2.21. The summed E-state index contributed by atoms with van der Waals surface area (Å²) in [6.07, 6.45) is 2.04. The van der Waals surface area contributed by atoms with Gasteiger partial charge in [-0.3, -0.25) is 4.68 Å². The van der Waals surface area contributed by atoms with Gasteiger partial charge in [0, 0.05) is 37.3 Å². The fourth-order valence-corrected chi connectivity index (χ4v) is 2.29. The van der Waals surface area contributed by atoms with Crippen LogP contribution < -0.4 is 5.32 Å². The molecule has 0 atom stereocenters. The molecule has 2 aromatic rings. The summed E-state index contributed by atoms with van der Waals surface area (Å²) in [6, 6.07) is 6.67. The molecule has 0 unspecified atom stereocenters. The molecular formula is C16H22FN3. The summed E-state index contributed by atoms with van der Waals surface area (Å²) in [4.78, 5) is 0. The van der Waals surface area contributed by atoms with Crippen LogP contribution in [0.15, 0.2) is 30.5 Å². The Balaban J connectivity index is 2.01. The Morgan fingerprint density at radius 1 is 1.25 bits per heavy atom. The van der Waals surface area contributed by atoms with Gasteiger partial charge < -0.3 is 5.32 Å². The lowest BCUT2D eigenvalue weighted by Crippen LogP contribution is -2.19. The van der Waals surface area contributed by atoms with Gasteiger partial charge in [0.1, 0.15) is 5.82 Å². The van der Waals surface area contributed by atoms with E-state index in [9.17, 15) is 4.39 Å². The molecule has 0 aliphatic carbocycles. The summed E-state index contributed by atoms with van der Waals surface area (Å²) in [5, 5.41) is 7.89. The molecule has 0 aliphatic rings. The van der Waals surface area contributed by atoms with Crippen LogP contribution in [0.3, 0.4) is 0 Å². The monoisotopic (exact) mass is 275 g/mol. The van der Waals surface area contributed by atoms with Crippen molar-refractivity contribution in [1.82, 2.24) is 15.1 Å². The number of nitrogens with zero attached hydrogens (tertiary/aromatic N) is 2. The molecule has 3 nitrogen and oxygen atoms in total. The van der Waals surface area contributed by atoms with Crippen molar-refractivity contribution in [2.24, 2.45) is 7.05 Å². The Morgan fingerprint density at radius 2 is 2.00 bits per heavy atom. The maximum absolute atomic E-state index is 13.1. The largest absolute Gasteiger partial charge is 0.308 e. The number of halogens is 1. The second-order valence-corrected chi connectivity index (χ2v) is 6.16. The van der Waals surface area contributed by atoms with Gasteiger partial charge in [0.2, 0.25) is 0 Å². The summed E-state index contributed by atoms with van der Waals surface area (Å²) in [5.41, 5.74) is 3.27. The molecule has 0 spiro atoms. The van der Waals surface area contributed by atoms with Crippen molar-refractivity contribution in [3.63, 3.8) is 0 Å². The lowest BCUT2D eigenvalue weighted by atomic mass is 9.89. The van der Waals surface area contributed by atoms with Gasteiger partial charge in [0.15, 0.2) is 0 Å². The zero-order valence-corrected chi connectivity index (χ0v) is 12.6. The number of benzene rings is 1. The van der Waals surface area contributed by atoms with E-state index >= 15 is 0 Å². The van der Waals surface area contributed by atoms with E-state index in [4.69, 9.17) is 0 Å². The van der Waals surface area contributed by atoms with Crippen LogP contribution >= 0.6 is 0 Å². The van der Waals surface area contributed by atoms with Crippen molar-refractivity contribution in [3.8, 4) is 0 Å². The van der Waals surface area contributed by atoms with Gasteiger partial charge in [-0.2, -0.15) is 5.10 Å². The average molecular weight is 275 g/mol. The number of nitrogens with one attached hydrogen (secondary N) is 1. The fourth-order valence-electron chi connectivity index (χ4n) is 2.29. The average Bonchev–Trinajstić information content (AvgIpc) is 2.70. The molecule has 0 aliphatic heterocycles. The van der Waals surface area contributed by atoms with Gasteiger partial charge in [0.25, 0.3) is 0 Å². The molecule has 0 saturated carbocycles. The van der Waals surface area contributed by atoms with Gasteiger partial charge in [-0.1, -0.05) is 32.9 Å². The van der Waals surface area contributed by atoms with Crippen molar-refractivity contribution in [2.75, 3.05) is 0 Å². The first-order valence-corrected chi connectivity index (χ1v) is 6.84. The normalized spacial score (nSPS) is 11.8. The number of rotatable bonds is 4. The Morgan fingerprint density at radius 3 is 2.65 bits per heavy atom. The predicted octanol–water partition coefficient (Wildman–Crippen LogP) is 3.15. The lowest BCUT2D eigenvalue weighted by Gasteiger charge is -2.17. The Kier molecular flexibility index (Phi) is 4.23. The zero-order valence-electron chi connectivity index (χ0n) is 12.6. The van der Waals surface area contributed by atoms with E-state index in [0.29, 0.717) is 6.54 Å². The molecular weight excluding hydrogens is 253 g/mol. The maximum Gasteiger partial charge on any atom is 0.123 e. The highest BCUT2D eigenvalue weighted by Crippen LogP contribution is 2.24. The van der Waals surface area contributed by atoms with Crippen LogP contribution in [0.1, 0.15) is 37.6 Å². The van der Waals surface area contributed by atoms with Crippen LogP contribution in [0.5, 0.6) is 0 Å². The van der Waals surface area contributed by atoms with E-state index in [2.05, 4.69) is 31.2 Å². The number of hydrogen-bond donors (Lipinski definition) is 1. The van der Waals surface area contributed by atoms with E-state index in [0.717, 1.165) is 17.8 Å². The minimum absolute atomic E-state index is 0.0249. The van der Waals surface area contributed by atoms with Crippen molar-refractivity contribution < 1.29 is 4.39 Å². The quantitative estimate of drug-likeness (QED) is 0.929. The molecule has 1 aromatic carbocycles. The van der Waals surface area contributed by atoms with E-state index in [1.54, 1.807) is 12.1 Å². The molecule has 0 saturated heterocycles. The van der Waals surface area contributed by atoms with Gasteiger partial charge >= 0.3 is 0 Å². The molecule has 2 rings (SSSR count). The van der Waals surface area contributed by atoms with Crippen LogP contribution in [0.2, 0.25) is 0 Å².